The van der Waals surface area contributed by atoms with Crippen LogP contribution in [0.3, 0.4) is 0 Å². The summed E-state index contributed by atoms with van der Waals surface area (Å²) in [5.74, 6) is -0.112. The molecular weight excluding hydrogens is 266 g/mol. The van der Waals surface area contributed by atoms with E-state index in [0.717, 1.165) is 12.8 Å². The number of nitrogens with zero attached hydrogens (tertiary/aromatic N) is 1. The van der Waals surface area contributed by atoms with Gasteiger partial charge in [0.2, 0.25) is 5.91 Å². The van der Waals surface area contributed by atoms with Crippen LogP contribution in [0.15, 0.2) is 24.3 Å². The molecule has 0 aromatic heterocycles. The maximum atomic E-state index is 12.1. The lowest BCUT2D eigenvalue weighted by Gasteiger charge is -2.24. The zero-order valence-electron chi connectivity index (χ0n) is 10.6. The number of likely N-dealkylation sites (tertiary alicyclic amines) is 1. The van der Waals surface area contributed by atoms with Crippen molar-refractivity contribution < 1.29 is 15.0 Å². The summed E-state index contributed by atoms with van der Waals surface area (Å²) in [4.78, 5) is 13.8. The Labute approximate surface area is 117 Å². The summed E-state index contributed by atoms with van der Waals surface area (Å²) in [6.07, 6.45) is 0.954. The number of hydrogen-bond donors (Lipinski definition) is 2. The van der Waals surface area contributed by atoms with E-state index < -0.39 is 6.10 Å². The molecule has 1 fully saturated rings. The van der Waals surface area contributed by atoms with Crippen molar-refractivity contribution in [3.05, 3.63) is 34.9 Å². The minimum Gasteiger partial charge on any atom is -0.394 e. The first-order valence-electron chi connectivity index (χ1n) is 6.45. The molecule has 1 heterocycles. The van der Waals surface area contributed by atoms with Crippen LogP contribution in [0.5, 0.6) is 0 Å². The van der Waals surface area contributed by atoms with Crippen LogP contribution in [0.1, 0.15) is 30.9 Å². The summed E-state index contributed by atoms with van der Waals surface area (Å²) < 4.78 is 0. The minimum absolute atomic E-state index is 0.0111. The molecule has 0 spiro atoms. The van der Waals surface area contributed by atoms with Crippen LogP contribution in [-0.4, -0.2) is 40.2 Å². The fourth-order valence-corrected chi connectivity index (χ4v) is 2.57. The third-order valence-electron chi connectivity index (χ3n) is 3.53. The van der Waals surface area contributed by atoms with Crippen LogP contribution in [0.4, 0.5) is 0 Å². The molecule has 0 aliphatic carbocycles. The number of hydrogen-bond acceptors (Lipinski definition) is 3. The van der Waals surface area contributed by atoms with Crippen molar-refractivity contribution in [2.45, 2.75) is 31.4 Å². The maximum Gasteiger partial charge on any atom is 0.225 e. The molecule has 5 heteroatoms. The number of amides is 1. The number of aliphatic hydroxyl groups excluding tert-OH is 2. The van der Waals surface area contributed by atoms with E-state index in [0.29, 0.717) is 17.1 Å². The quantitative estimate of drug-likeness (QED) is 0.885. The molecule has 0 radical (unpaired) electrons. The summed E-state index contributed by atoms with van der Waals surface area (Å²) >= 11 is 5.78. The predicted molar refractivity (Wildman–Crippen MR) is 72.8 cm³/mol. The molecule has 0 bridgehead atoms. The van der Waals surface area contributed by atoms with E-state index in [1.165, 1.54) is 0 Å². The molecule has 1 aliphatic heterocycles. The summed E-state index contributed by atoms with van der Waals surface area (Å²) in [5.41, 5.74) is 0.678. The van der Waals surface area contributed by atoms with E-state index in [-0.39, 0.29) is 25.0 Å². The normalized spacial score (nSPS) is 20.6. The van der Waals surface area contributed by atoms with E-state index in [1.54, 1.807) is 29.2 Å². The molecule has 2 rings (SSSR count). The van der Waals surface area contributed by atoms with Gasteiger partial charge in [0, 0.05) is 11.6 Å². The average molecular weight is 284 g/mol. The van der Waals surface area contributed by atoms with Crippen LogP contribution >= 0.6 is 11.6 Å². The molecule has 1 aliphatic rings. The third kappa shape index (κ3) is 3.47. The van der Waals surface area contributed by atoms with Gasteiger partial charge in [0.25, 0.3) is 0 Å². The lowest BCUT2D eigenvalue weighted by atomic mass is 10.1. The van der Waals surface area contributed by atoms with Crippen molar-refractivity contribution in [1.82, 2.24) is 4.90 Å². The highest BCUT2D eigenvalue weighted by atomic mass is 35.5. The van der Waals surface area contributed by atoms with Crippen molar-refractivity contribution in [2.24, 2.45) is 0 Å². The zero-order valence-corrected chi connectivity index (χ0v) is 11.4. The first-order chi connectivity index (χ1) is 9.11. The minimum atomic E-state index is -0.829. The molecule has 1 saturated heterocycles. The molecule has 2 atom stereocenters. The molecule has 104 valence electrons. The Kier molecular flexibility index (Phi) is 4.80. The molecule has 2 N–H and O–H groups in total. The van der Waals surface area contributed by atoms with Gasteiger partial charge in [-0.15, -0.1) is 0 Å². The first kappa shape index (κ1) is 14.3. The van der Waals surface area contributed by atoms with E-state index in [1.807, 2.05) is 0 Å². The molecule has 1 aromatic carbocycles. The molecule has 4 nitrogen and oxygen atoms in total. The number of carbonyl (C=O) groups is 1. The number of carbonyl (C=O) groups excluding carboxylic acids is 1. The van der Waals surface area contributed by atoms with Crippen molar-refractivity contribution in [2.75, 3.05) is 13.2 Å². The van der Waals surface area contributed by atoms with Crippen molar-refractivity contribution in [1.29, 1.82) is 0 Å². The van der Waals surface area contributed by atoms with Gasteiger partial charge in [0.15, 0.2) is 0 Å². The fraction of sp³-hybridized carbons (Fsp3) is 0.500. The number of aliphatic hydroxyl groups is 2. The average Bonchev–Trinajstić information content (AvgIpc) is 2.87. The Hall–Kier alpha value is -1.10. The highest BCUT2D eigenvalue weighted by molar-refractivity contribution is 6.30. The van der Waals surface area contributed by atoms with Gasteiger partial charge in [-0.05, 0) is 30.5 Å². The SMILES string of the molecule is O=C(C[C@H](O)c1ccc(Cl)cc1)N1CCC[C@H]1CO. The van der Waals surface area contributed by atoms with Crippen LogP contribution < -0.4 is 0 Å². The van der Waals surface area contributed by atoms with Crippen molar-refractivity contribution in [3.8, 4) is 0 Å². The van der Waals surface area contributed by atoms with Gasteiger partial charge in [0.05, 0.1) is 25.2 Å². The summed E-state index contributed by atoms with van der Waals surface area (Å²) in [5, 5.41) is 19.8. The van der Waals surface area contributed by atoms with E-state index in [2.05, 4.69) is 0 Å². The fourth-order valence-electron chi connectivity index (χ4n) is 2.44. The summed E-state index contributed by atoms with van der Waals surface area (Å²) in [6.45, 7) is 0.653. The first-order valence-corrected chi connectivity index (χ1v) is 6.83. The van der Waals surface area contributed by atoms with Gasteiger partial charge >= 0.3 is 0 Å². The second-order valence-corrected chi connectivity index (χ2v) is 5.27. The van der Waals surface area contributed by atoms with E-state index in [9.17, 15) is 15.0 Å². The molecule has 1 aromatic rings. The Morgan fingerprint density at radius 1 is 1.42 bits per heavy atom. The van der Waals surface area contributed by atoms with Gasteiger partial charge in [0.1, 0.15) is 0 Å². The molecule has 0 unspecified atom stereocenters. The summed E-state index contributed by atoms with van der Waals surface area (Å²) in [6, 6.07) is 6.72. The number of rotatable bonds is 4. The largest absolute Gasteiger partial charge is 0.394 e. The Morgan fingerprint density at radius 2 is 2.11 bits per heavy atom. The number of benzene rings is 1. The highest BCUT2D eigenvalue weighted by Gasteiger charge is 2.29. The molecule has 19 heavy (non-hydrogen) atoms. The van der Waals surface area contributed by atoms with Crippen molar-refractivity contribution in [3.63, 3.8) is 0 Å². The smallest absolute Gasteiger partial charge is 0.225 e. The van der Waals surface area contributed by atoms with Gasteiger partial charge < -0.3 is 15.1 Å². The molecule has 1 amide bonds. The summed E-state index contributed by atoms with van der Waals surface area (Å²) in [7, 11) is 0. The monoisotopic (exact) mass is 283 g/mol. The topological polar surface area (TPSA) is 60.8 Å². The van der Waals surface area contributed by atoms with Gasteiger partial charge in [-0.25, -0.2) is 0 Å². The van der Waals surface area contributed by atoms with Gasteiger partial charge in [-0.2, -0.15) is 0 Å². The molecule has 0 saturated carbocycles. The third-order valence-corrected chi connectivity index (χ3v) is 3.78. The molecular formula is C14H18ClNO3. The lowest BCUT2D eigenvalue weighted by Crippen LogP contribution is -2.38. The second kappa shape index (κ2) is 6.37. The van der Waals surface area contributed by atoms with Crippen LogP contribution in [0.25, 0.3) is 0 Å². The van der Waals surface area contributed by atoms with Crippen molar-refractivity contribution >= 4 is 17.5 Å². The van der Waals surface area contributed by atoms with Gasteiger partial charge in [-0.1, -0.05) is 23.7 Å². The van der Waals surface area contributed by atoms with E-state index >= 15 is 0 Å². The highest BCUT2D eigenvalue weighted by Crippen LogP contribution is 2.23. The lowest BCUT2D eigenvalue weighted by molar-refractivity contribution is -0.134. The Morgan fingerprint density at radius 3 is 2.74 bits per heavy atom. The van der Waals surface area contributed by atoms with Crippen LogP contribution in [-0.2, 0) is 4.79 Å². The van der Waals surface area contributed by atoms with Gasteiger partial charge in [-0.3, -0.25) is 4.79 Å². The Balaban J connectivity index is 1.96. The van der Waals surface area contributed by atoms with Crippen LogP contribution in [0.2, 0.25) is 5.02 Å². The zero-order chi connectivity index (χ0) is 13.8. The number of halogens is 1. The Bertz CT molecular complexity index is 435. The maximum absolute atomic E-state index is 12.1. The second-order valence-electron chi connectivity index (χ2n) is 4.84. The standard InChI is InChI=1S/C14H18ClNO3/c15-11-5-3-10(4-6-11)13(18)8-14(19)16-7-1-2-12(16)9-17/h3-6,12-13,17-18H,1-2,7-9H2/t12-,13-/m0/s1. The van der Waals surface area contributed by atoms with E-state index in [4.69, 9.17) is 11.6 Å². The predicted octanol–water partition coefficient (Wildman–Crippen LogP) is 1.75. The van der Waals surface area contributed by atoms with Crippen LogP contribution in [0, 0.1) is 0 Å².